The maximum absolute atomic E-state index is 12.9. The van der Waals surface area contributed by atoms with Gasteiger partial charge in [-0.1, -0.05) is 12.1 Å². The minimum Gasteiger partial charge on any atom is -0.494 e. The van der Waals surface area contributed by atoms with Crippen LogP contribution in [0.2, 0.25) is 0 Å². The van der Waals surface area contributed by atoms with Crippen molar-refractivity contribution in [1.82, 2.24) is 0 Å². The highest BCUT2D eigenvalue weighted by Gasteiger charge is 2.11. The predicted molar refractivity (Wildman–Crippen MR) is 116 cm³/mol. The van der Waals surface area contributed by atoms with E-state index in [9.17, 15) is 14.4 Å². The molecule has 3 rings (SSSR count). The Labute approximate surface area is 179 Å². The van der Waals surface area contributed by atoms with E-state index in [1.807, 2.05) is 0 Å². The van der Waals surface area contributed by atoms with Crippen LogP contribution in [0.3, 0.4) is 0 Å². The molecule has 7 heteroatoms. The fraction of sp³-hybridized carbons (Fsp3) is 0.292. The number of carbonyl (C=O) groups is 2. The van der Waals surface area contributed by atoms with Gasteiger partial charge in [-0.15, -0.1) is 0 Å². The van der Waals surface area contributed by atoms with Crippen LogP contribution in [0.25, 0.3) is 22.1 Å². The third-order valence-corrected chi connectivity index (χ3v) is 4.72. The molecular weight excluding hydrogens is 400 g/mol. The molecule has 0 bridgehead atoms. The third-order valence-electron chi connectivity index (χ3n) is 4.72. The molecule has 0 saturated heterocycles. The van der Waals surface area contributed by atoms with E-state index in [0.717, 1.165) is 19.3 Å². The molecule has 1 N–H and O–H groups in total. The molecule has 31 heavy (non-hydrogen) atoms. The molecule has 1 heterocycles. The topological polar surface area (TPSA) is 103 Å². The van der Waals surface area contributed by atoms with Gasteiger partial charge in [-0.2, -0.15) is 0 Å². The number of benzene rings is 2. The Balaban J connectivity index is 1.65. The first kappa shape index (κ1) is 22.1. The number of Topliss-reactive ketones (excluding diaryl/α,β-unsaturated/α-hetero) is 1. The molecule has 1 aromatic heterocycles. The summed E-state index contributed by atoms with van der Waals surface area (Å²) >= 11 is 0. The molecule has 0 amide bonds. The second-order valence-corrected chi connectivity index (χ2v) is 7.20. The molecule has 162 valence electrons. The van der Waals surface area contributed by atoms with Crippen molar-refractivity contribution in [2.24, 2.45) is 0 Å². The molecular formula is C24H24O7. The van der Waals surface area contributed by atoms with Gasteiger partial charge in [0.1, 0.15) is 29.1 Å². The van der Waals surface area contributed by atoms with Crippen LogP contribution in [0.1, 0.15) is 32.6 Å². The monoisotopic (exact) mass is 424 g/mol. The van der Waals surface area contributed by atoms with Gasteiger partial charge in [-0.3, -0.25) is 4.79 Å². The molecule has 0 aliphatic carbocycles. The number of aliphatic carboxylic acids is 1. The zero-order chi connectivity index (χ0) is 22.2. The van der Waals surface area contributed by atoms with Crippen molar-refractivity contribution in [3.8, 4) is 22.6 Å². The normalized spacial score (nSPS) is 10.7. The Morgan fingerprint density at radius 1 is 0.968 bits per heavy atom. The van der Waals surface area contributed by atoms with Gasteiger partial charge in [0.15, 0.2) is 12.0 Å². The number of rotatable bonds is 11. The van der Waals surface area contributed by atoms with Crippen LogP contribution in [0.15, 0.2) is 57.9 Å². The minimum atomic E-state index is -1.09. The molecule has 0 unspecified atom stereocenters. The molecule has 7 nitrogen and oxygen atoms in total. The first-order valence-electron chi connectivity index (χ1n) is 10.1. The second kappa shape index (κ2) is 10.4. The number of hydrogen-bond acceptors (Lipinski definition) is 6. The molecule has 0 saturated carbocycles. The molecule has 0 aliphatic rings. The third kappa shape index (κ3) is 6.18. The van der Waals surface area contributed by atoms with Crippen LogP contribution in [0, 0.1) is 0 Å². The van der Waals surface area contributed by atoms with Gasteiger partial charge >= 0.3 is 5.97 Å². The minimum absolute atomic E-state index is 0.190. The second-order valence-electron chi connectivity index (χ2n) is 7.20. The first-order valence-corrected chi connectivity index (χ1v) is 10.1. The van der Waals surface area contributed by atoms with Crippen molar-refractivity contribution in [2.75, 3.05) is 13.2 Å². The van der Waals surface area contributed by atoms with Crippen LogP contribution in [0.5, 0.6) is 11.5 Å². The Morgan fingerprint density at radius 2 is 1.71 bits per heavy atom. The molecule has 0 atom stereocenters. The van der Waals surface area contributed by atoms with E-state index in [2.05, 4.69) is 0 Å². The molecule has 0 radical (unpaired) electrons. The fourth-order valence-corrected chi connectivity index (χ4v) is 3.12. The van der Waals surface area contributed by atoms with E-state index in [1.165, 1.54) is 12.3 Å². The highest BCUT2D eigenvalue weighted by molar-refractivity contribution is 5.82. The zero-order valence-corrected chi connectivity index (χ0v) is 17.3. The zero-order valence-electron chi connectivity index (χ0n) is 17.3. The van der Waals surface area contributed by atoms with Crippen molar-refractivity contribution in [2.45, 2.75) is 32.6 Å². The van der Waals surface area contributed by atoms with E-state index in [1.54, 1.807) is 43.3 Å². The fourth-order valence-electron chi connectivity index (χ4n) is 3.12. The summed E-state index contributed by atoms with van der Waals surface area (Å²) in [5, 5.41) is 9.08. The number of ketones is 1. The average molecular weight is 424 g/mol. The molecule has 3 aromatic rings. The smallest absolute Gasteiger partial charge is 0.341 e. The van der Waals surface area contributed by atoms with E-state index in [0.29, 0.717) is 46.6 Å². The highest BCUT2D eigenvalue weighted by Crippen LogP contribution is 2.24. The predicted octanol–water partition coefficient (Wildman–Crippen LogP) is 4.45. The summed E-state index contributed by atoms with van der Waals surface area (Å²) in [5.74, 6) is 0.147. The number of carboxylic acids is 1. The van der Waals surface area contributed by atoms with Crippen molar-refractivity contribution < 1.29 is 28.6 Å². The van der Waals surface area contributed by atoms with Gasteiger partial charge in [0, 0.05) is 12.5 Å². The number of fused-ring (bicyclic) bond motifs is 1. The summed E-state index contributed by atoms with van der Waals surface area (Å²) < 4.78 is 16.4. The average Bonchev–Trinajstić information content (AvgIpc) is 2.75. The summed E-state index contributed by atoms with van der Waals surface area (Å²) in [4.78, 5) is 34.4. The van der Waals surface area contributed by atoms with Gasteiger partial charge < -0.3 is 23.8 Å². The Morgan fingerprint density at radius 3 is 2.42 bits per heavy atom. The van der Waals surface area contributed by atoms with Gasteiger partial charge in [-0.25, -0.2) is 4.79 Å². The maximum Gasteiger partial charge on any atom is 0.341 e. The lowest BCUT2D eigenvalue weighted by Crippen LogP contribution is -2.10. The standard InChI is InChI=1S/C24H24O7/c1-16(25)5-3-2-4-12-29-18-8-6-17(7-9-18)21-14-31-22-13-19(30-15-23(26)27)10-11-20(22)24(21)28/h6-11,13-14H,2-5,12,15H2,1H3,(H,26,27). The Bertz CT molecular complexity index is 1110. The van der Waals surface area contributed by atoms with E-state index in [-0.39, 0.29) is 11.2 Å². The number of carboxylic acid groups (broad SMARTS) is 1. The van der Waals surface area contributed by atoms with Gasteiger partial charge in [-0.05, 0) is 56.0 Å². The van der Waals surface area contributed by atoms with Gasteiger partial charge in [0.2, 0.25) is 0 Å². The Kier molecular flexibility index (Phi) is 7.43. The number of carbonyl (C=O) groups excluding carboxylic acids is 1. The molecule has 0 spiro atoms. The summed E-state index contributed by atoms with van der Waals surface area (Å²) in [6.07, 6.45) is 4.69. The van der Waals surface area contributed by atoms with Crippen molar-refractivity contribution in [3.05, 3.63) is 59.0 Å². The van der Waals surface area contributed by atoms with Crippen LogP contribution in [0.4, 0.5) is 0 Å². The number of unbranched alkanes of at least 4 members (excludes halogenated alkanes) is 2. The Hall–Kier alpha value is -3.61. The summed E-state index contributed by atoms with van der Waals surface area (Å²) in [7, 11) is 0. The van der Waals surface area contributed by atoms with Crippen LogP contribution in [-0.4, -0.2) is 30.1 Å². The van der Waals surface area contributed by atoms with E-state index >= 15 is 0 Å². The largest absolute Gasteiger partial charge is 0.494 e. The lowest BCUT2D eigenvalue weighted by Gasteiger charge is -2.08. The quantitative estimate of drug-likeness (QED) is 0.454. The van der Waals surface area contributed by atoms with Crippen molar-refractivity contribution in [3.63, 3.8) is 0 Å². The van der Waals surface area contributed by atoms with Crippen LogP contribution < -0.4 is 14.9 Å². The number of hydrogen-bond donors (Lipinski definition) is 1. The summed E-state index contributed by atoms with van der Waals surface area (Å²) in [5.41, 5.74) is 1.25. The van der Waals surface area contributed by atoms with Gasteiger partial charge in [0.05, 0.1) is 17.6 Å². The summed E-state index contributed by atoms with van der Waals surface area (Å²) in [6.45, 7) is 1.70. The van der Waals surface area contributed by atoms with Crippen LogP contribution in [-0.2, 0) is 9.59 Å². The van der Waals surface area contributed by atoms with E-state index < -0.39 is 12.6 Å². The SMILES string of the molecule is CC(=O)CCCCCOc1ccc(-c2coc3cc(OCC(=O)O)ccc3c2=O)cc1. The lowest BCUT2D eigenvalue weighted by atomic mass is 10.1. The van der Waals surface area contributed by atoms with Gasteiger partial charge in [0.25, 0.3) is 0 Å². The van der Waals surface area contributed by atoms with Crippen molar-refractivity contribution >= 4 is 22.7 Å². The van der Waals surface area contributed by atoms with E-state index in [4.69, 9.17) is 19.0 Å². The lowest BCUT2D eigenvalue weighted by molar-refractivity contribution is -0.139. The number of ether oxygens (including phenoxy) is 2. The molecule has 0 fully saturated rings. The molecule has 0 aliphatic heterocycles. The highest BCUT2D eigenvalue weighted by atomic mass is 16.5. The van der Waals surface area contributed by atoms with Crippen molar-refractivity contribution in [1.29, 1.82) is 0 Å². The summed E-state index contributed by atoms with van der Waals surface area (Å²) in [6, 6.07) is 11.8. The maximum atomic E-state index is 12.9. The molecule has 2 aromatic carbocycles. The van der Waals surface area contributed by atoms with Crippen LogP contribution >= 0.6 is 0 Å². The first-order chi connectivity index (χ1) is 14.9.